The normalized spacial score (nSPS) is 17.9. The number of carbonyl (C=O) groups excluding carboxylic acids is 1. The summed E-state index contributed by atoms with van der Waals surface area (Å²) in [4.78, 5) is 28.5. The molecule has 1 amide bonds. The molecular weight excluding hydrogens is 300 g/mol. The average Bonchev–Trinajstić information content (AvgIpc) is 2.84. The Morgan fingerprint density at radius 3 is 2.74 bits per heavy atom. The summed E-state index contributed by atoms with van der Waals surface area (Å²) >= 11 is 0. The van der Waals surface area contributed by atoms with Crippen molar-refractivity contribution in [2.24, 2.45) is 0 Å². The molecule has 0 aromatic carbocycles. The van der Waals surface area contributed by atoms with Crippen LogP contribution in [0.25, 0.3) is 0 Å². The second-order valence-electron chi connectivity index (χ2n) is 6.61. The molecule has 8 nitrogen and oxygen atoms in total. The first kappa shape index (κ1) is 17.0. The number of nitrogens with one attached hydrogen (secondary N) is 1. The molecule has 23 heavy (non-hydrogen) atoms. The van der Waals surface area contributed by atoms with Crippen LogP contribution in [-0.2, 0) is 4.74 Å². The predicted octanol–water partition coefficient (Wildman–Crippen LogP) is 2.40. The number of ether oxygens (including phenoxy) is 1. The number of nitro groups is 1. The molecule has 126 valence electrons. The highest BCUT2D eigenvalue weighted by atomic mass is 16.6. The van der Waals surface area contributed by atoms with Crippen LogP contribution < -0.4 is 10.2 Å². The molecule has 1 aliphatic heterocycles. The molecule has 2 heterocycles. The van der Waals surface area contributed by atoms with Gasteiger partial charge in [0.2, 0.25) is 0 Å². The Labute approximate surface area is 135 Å². The van der Waals surface area contributed by atoms with Gasteiger partial charge >= 0.3 is 6.09 Å². The SMILES string of the molecule is Cc1nc(N2CC[C@@H](NC(=O)OC(C)(C)C)C2)ccc1[N+](=O)[O-]. The highest BCUT2D eigenvalue weighted by molar-refractivity contribution is 5.68. The number of amides is 1. The molecule has 1 aromatic rings. The molecule has 1 aliphatic rings. The molecule has 1 saturated heterocycles. The lowest BCUT2D eigenvalue weighted by molar-refractivity contribution is -0.385. The number of hydrogen-bond acceptors (Lipinski definition) is 6. The van der Waals surface area contributed by atoms with E-state index in [0.717, 1.165) is 13.0 Å². The number of anilines is 1. The first-order valence-corrected chi connectivity index (χ1v) is 7.52. The van der Waals surface area contributed by atoms with Gasteiger partial charge in [0.1, 0.15) is 17.1 Å². The van der Waals surface area contributed by atoms with E-state index in [1.807, 2.05) is 25.7 Å². The molecule has 1 N–H and O–H groups in total. The zero-order valence-corrected chi connectivity index (χ0v) is 13.8. The molecule has 0 spiro atoms. The van der Waals surface area contributed by atoms with Crippen molar-refractivity contribution >= 4 is 17.6 Å². The van der Waals surface area contributed by atoms with Gasteiger partial charge in [-0.1, -0.05) is 0 Å². The Morgan fingerprint density at radius 1 is 1.48 bits per heavy atom. The van der Waals surface area contributed by atoms with Crippen LogP contribution >= 0.6 is 0 Å². The maximum absolute atomic E-state index is 11.8. The maximum Gasteiger partial charge on any atom is 0.407 e. The highest BCUT2D eigenvalue weighted by Crippen LogP contribution is 2.23. The van der Waals surface area contributed by atoms with Crippen molar-refractivity contribution in [3.8, 4) is 0 Å². The zero-order valence-electron chi connectivity index (χ0n) is 13.8. The molecule has 0 bridgehead atoms. The van der Waals surface area contributed by atoms with E-state index < -0.39 is 16.6 Å². The quantitative estimate of drug-likeness (QED) is 0.678. The van der Waals surface area contributed by atoms with Gasteiger partial charge in [-0.15, -0.1) is 0 Å². The van der Waals surface area contributed by atoms with Crippen molar-refractivity contribution in [3.05, 3.63) is 27.9 Å². The van der Waals surface area contributed by atoms with Crippen molar-refractivity contribution in [2.75, 3.05) is 18.0 Å². The van der Waals surface area contributed by atoms with E-state index in [4.69, 9.17) is 4.74 Å². The third-order valence-corrected chi connectivity index (χ3v) is 3.47. The van der Waals surface area contributed by atoms with E-state index >= 15 is 0 Å². The lowest BCUT2D eigenvalue weighted by Crippen LogP contribution is -2.40. The highest BCUT2D eigenvalue weighted by Gasteiger charge is 2.27. The van der Waals surface area contributed by atoms with Crippen LogP contribution in [0.2, 0.25) is 0 Å². The molecule has 1 aromatic heterocycles. The predicted molar refractivity (Wildman–Crippen MR) is 85.6 cm³/mol. The second kappa shape index (κ2) is 6.39. The molecule has 1 atom stereocenters. The minimum absolute atomic E-state index is 0.0105. The fraction of sp³-hybridized carbons (Fsp3) is 0.600. The largest absolute Gasteiger partial charge is 0.444 e. The lowest BCUT2D eigenvalue weighted by Gasteiger charge is -2.22. The number of aromatic nitrogens is 1. The first-order valence-electron chi connectivity index (χ1n) is 7.52. The van der Waals surface area contributed by atoms with Crippen LogP contribution in [0.15, 0.2) is 12.1 Å². The van der Waals surface area contributed by atoms with Gasteiger partial charge < -0.3 is 15.0 Å². The molecule has 2 rings (SSSR count). The van der Waals surface area contributed by atoms with Gasteiger partial charge in [0.15, 0.2) is 0 Å². The van der Waals surface area contributed by atoms with E-state index in [1.54, 1.807) is 13.0 Å². The Morgan fingerprint density at radius 2 is 2.17 bits per heavy atom. The summed E-state index contributed by atoms with van der Waals surface area (Å²) in [5.74, 6) is 0.682. The summed E-state index contributed by atoms with van der Waals surface area (Å²) in [6, 6.07) is 3.08. The minimum atomic E-state index is -0.528. The third kappa shape index (κ3) is 4.54. The number of pyridine rings is 1. The first-order chi connectivity index (χ1) is 10.7. The Hall–Kier alpha value is -2.38. The van der Waals surface area contributed by atoms with Crippen LogP contribution in [0.5, 0.6) is 0 Å². The summed E-state index contributed by atoms with van der Waals surface area (Å²) < 4.78 is 5.24. The van der Waals surface area contributed by atoms with Crippen LogP contribution in [0, 0.1) is 17.0 Å². The smallest absolute Gasteiger partial charge is 0.407 e. The molecule has 0 unspecified atom stereocenters. The number of alkyl carbamates (subject to hydrolysis) is 1. The summed E-state index contributed by atoms with van der Waals surface area (Å²) in [6.45, 7) is 8.40. The van der Waals surface area contributed by atoms with Crippen LogP contribution in [0.3, 0.4) is 0 Å². The number of rotatable bonds is 3. The van der Waals surface area contributed by atoms with E-state index in [1.165, 1.54) is 6.07 Å². The van der Waals surface area contributed by atoms with Crippen molar-refractivity contribution in [1.82, 2.24) is 10.3 Å². The minimum Gasteiger partial charge on any atom is -0.444 e. The fourth-order valence-corrected chi connectivity index (χ4v) is 2.47. The Balaban J connectivity index is 1.96. The van der Waals surface area contributed by atoms with Crippen LogP contribution in [0.1, 0.15) is 32.9 Å². The molecule has 8 heteroatoms. The van der Waals surface area contributed by atoms with Gasteiger partial charge in [-0.25, -0.2) is 9.78 Å². The molecule has 1 fully saturated rings. The van der Waals surface area contributed by atoms with E-state index in [2.05, 4.69) is 10.3 Å². The summed E-state index contributed by atoms with van der Waals surface area (Å²) in [6.07, 6.45) is 0.342. The molecule has 0 aliphatic carbocycles. The van der Waals surface area contributed by atoms with Gasteiger partial charge in [0.25, 0.3) is 5.69 Å². The molecular formula is C15H22N4O4. The van der Waals surface area contributed by atoms with Crippen molar-refractivity contribution in [3.63, 3.8) is 0 Å². The average molecular weight is 322 g/mol. The number of aryl methyl sites for hydroxylation is 1. The van der Waals surface area contributed by atoms with Crippen molar-refractivity contribution in [2.45, 2.75) is 45.8 Å². The van der Waals surface area contributed by atoms with Gasteiger partial charge in [0, 0.05) is 19.2 Å². The second-order valence-corrected chi connectivity index (χ2v) is 6.61. The van der Waals surface area contributed by atoms with Gasteiger partial charge in [-0.2, -0.15) is 0 Å². The van der Waals surface area contributed by atoms with Crippen LogP contribution in [-0.4, -0.2) is 40.7 Å². The third-order valence-electron chi connectivity index (χ3n) is 3.47. The Kier molecular flexibility index (Phi) is 4.72. The van der Waals surface area contributed by atoms with E-state index in [0.29, 0.717) is 18.1 Å². The molecule has 0 saturated carbocycles. The van der Waals surface area contributed by atoms with Gasteiger partial charge in [-0.3, -0.25) is 10.1 Å². The fourth-order valence-electron chi connectivity index (χ4n) is 2.47. The zero-order chi connectivity index (χ0) is 17.2. The topological polar surface area (TPSA) is 97.6 Å². The monoisotopic (exact) mass is 322 g/mol. The number of hydrogen-bond donors (Lipinski definition) is 1. The van der Waals surface area contributed by atoms with Crippen molar-refractivity contribution < 1.29 is 14.5 Å². The van der Waals surface area contributed by atoms with Gasteiger partial charge in [-0.05, 0) is 40.2 Å². The van der Waals surface area contributed by atoms with E-state index in [-0.39, 0.29) is 11.7 Å². The standard InChI is InChI=1S/C15H22N4O4/c1-10-12(19(21)22)5-6-13(16-10)18-8-7-11(9-18)17-14(20)23-15(2,3)4/h5-6,11H,7-9H2,1-4H3,(H,17,20)/t11-/m1/s1. The summed E-state index contributed by atoms with van der Waals surface area (Å²) in [7, 11) is 0. The Bertz CT molecular complexity index is 612. The summed E-state index contributed by atoms with van der Waals surface area (Å²) in [5.41, 5.74) is -0.133. The number of nitrogens with zero attached hydrogens (tertiary/aromatic N) is 3. The maximum atomic E-state index is 11.8. The molecule has 0 radical (unpaired) electrons. The summed E-state index contributed by atoms with van der Waals surface area (Å²) in [5, 5.41) is 13.7. The van der Waals surface area contributed by atoms with Crippen LogP contribution in [0.4, 0.5) is 16.3 Å². The number of carbonyl (C=O) groups is 1. The van der Waals surface area contributed by atoms with Crippen molar-refractivity contribution in [1.29, 1.82) is 0 Å². The van der Waals surface area contributed by atoms with E-state index in [9.17, 15) is 14.9 Å². The van der Waals surface area contributed by atoms with Gasteiger partial charge in [0.05, 0.1) is 11.0 Å². The lowest BCUT2D eigenvalue weighted by atomic mass is 10.2.